The van der Waals surface area contributed by atoms with E-state index in [1.807, 2.05) is 0 Å². The van der Waals surface area contributed by atoms with Gasteiger partial charge in [-0.2, -0.15) is 0 Å². The van der Waals surface area contributed by atoms with Gasteiger partial charge in [0.2, 0.25) is 0 Å². The fraction of sp³-hybridized carbons (Fsp3) is 0.545. The summed E-state index contributed by atoms with van der Waals surface area (Å²) in [4.78, 5) is 4.09. The molecule has 0 bridgehead atoms. The SMILES string of the molecule is CCCCOCCNc1cc(N)cc(Cl)n1. The van der Waals surface area contributed by atoms with E-state index >= 15 is 0 Å². The second kappa shape index (κ2) is 7.30. The molecule has 16 heavy (non-hydrogen) atoms. The van der Waals surface area contributed by atoms with Crippen LogP contribution in [-0.2, 0) is 4.74 Å². The standard InChI is InChI=1S/C11H18ClN3O/c1-2-3-5-16-6-4-14-11-8-9(13)7-10(12)15-11/h7-8H,2-6H2,1H3,(H3,13,14,15). The van der Waals surface area contributed by atoms with Gasteiger partial charge in [0.05, 0.1) is 6.61 Å². The van der Waals surface area contributed by atoms with Crippen molar-refractivity contribution in [3.8, 4) is 0 Å². The molecule has 0 amide bonds. The van der Waals surface area contributed by atoms with Crippen molar-refractivity contribution in [1.82, 2.24) is 4.98 Å². The van der Waals surface area contributed by atoms with E-state index in [1.54, 1.807) is 12.1 Å². The Hall–Kier alpha value is -1.00. The van der Waals surface area contributed by atoms with Crippen LogP contribution >= 0.6 is 11.6 Å². The van der Waals surface area contributed by atoms with Gasteiger partial charge in [-0.3, -0.25) is 0 Å². The van der Waals surface area contributed by atoms with Crippen molar-refractivity contribution in [3.05, 3.63) is 17.3 Å². The van der Waals surface area contributed by atoms with Crippen molar-refractivity contribution >= 4 is 23.1 Å². The summed E-state index contributed by atoms with van der Waals surface area (Å²) in [6.45, 7) is 4.31. The summed E-state index contributed by atoms with van der Waals surface area (Å²) < 4.78 is 5.40. The van der Waals surface area contributed by atoms with E-state index in [2.05, 4.69) is 17.2 Å². The number of hydrogen-bond acceptors (Lipinski definition) is 4. The number of ether oxygens (including phenoxy) is 1. The molecule has 0 aliphatic carbocycles. The van der Waals surface area contributed by atoms with Gasteiger partial charge in [0, 0.05) is 24.9 Å². The first kappa shape index (κ1) is 13.1. The fourth-order valence-corrected chi connectivity index (χ4v) is 1.42. The first-order chi connectivity index (χ1) is 7.72. The highest BCUT2D eigenvalue weighted by Crippen LogP contribution is 2.15. The minimum atomic E-state index is 0.398. The van der Waals surface area contributed by atoms with Gasteiger partial charge in [-0.05, 0) is 12.5 Å². The number of nitrogens with two attached hydrogens (primary N) is 1. The Labute approximate surface area is 101 Å². The van der Waals surface area contributed by atoms with Crippen LogP contribution in [0.4, 0.5) is 11.5 Å². The van der Waals surface area contributed by atoms with E-state index in [4.69, 9.17) is 22.1 Å². The Morgan fingerprint density at radius 3 is 2.94 bits per heavy atom. The van der Waals surface area contributed by atoms with Crippen LogP contribution < -0.4 is 11.1 Å². The maximum absolute atomic E-state index is 5.77. The third-order valence-electron chi connectivity index (χ3n) is 2.01. The summed E-state index contributed by atoms with van der Waals surface area (Å²) >= 11 is 5.77. The highest BCUT2D eigenvalue weighted by atomic mass is 35.5. The molecule has 0 spiro atoms. The molecule has 1 aromatic rings. The summed E-state index contributed by atoms with van der Waals surface area (Å²) in [7, 11) is 0. The topological polar surface area (TPSA) is 60.2 Å². The fourth-order valence-electron chi connectivity index (χ4n) is 1.21. The van der Waals surface area contributed by atoms with E-state index in [9.17, 15) is 0 Å². The van der Waals surface area contributed by atoms with Crippen LogP contribution in [0.1, 0.15) is 19.8 Å². The highest BCUT2D eigenvalue weighted by Gasteiger charge is 1.98. The van der Waals surface area contributed by atoms with Crippen LogP contribution in [0, 0.1) is 0 Å². The third kappa shape index (κ3) is 5.19. The largest absolute Gasteiger partial charge is 0.399 e. The second-order valence-corrected chi connectivity index (χ2v) is 3.89. The molecule has 0 atom stereocenters. The Morgan fingerprint density at radius 1 is 1.44 bits per heavy atom. The number of aromatic nitrogens is 1. The molecule has 0 radical (unpaired) electrons. The number of unbranched alkanes of at least 4 members (excludes halogenated alkanes) is 1. The molecule has 1 aromatic heterocycles. The number of anilines is 2. The zero-order chi connectivity index (χ0) is 11.8. The minimum Gasteiger partial charge on any atom is -0.399 e. The molecule has 4 nitrogen and oxygen atoms in total. The first-order valence-corrected chi connectivity index (χ1v) is 5.85. The highest BCUT2D eigenvalue weighted by molar-refractivity contribution is 6.29. The lowest BCUT2D eigenvalue weighted by atomic mass is 10.4. The van der Waals surface area contributed by atoms with E-state index < -0.39 is 0 Å². The van der Waals surface area contributed by atoms with Gasteiger partial charge in [0.25, 0.3) is 0 Å². The number of hydrogen-bond donors (Lipinski definition) is 2. The molecule has 90 valence electrons. The average molecular weight is 244 g/mol. The van der Waals surface area contributed by atoms with E-state index in [0.717, 1.165) is 19.4 Å². The van der Waals surface area contributed by atoms with Gasteiger partial charge in [0.15, 0.2) is 0 Å². The monoisotopic (exact) mass is 243 g/mol. The Kier molecular flexibility index (Phi) is 5.96. The number of nitrogen functional groups attached to an aromatic ring is 1. The third-order valence-corrected chi connectivity index (χ3v) is 2.20. The van der Waals surface area contributed by atoms with E-state index in [1.165, 1.54) is 0 Å². The zero-order valence-electron chi connectivity index (χ0n) is 9.50. The molecule has 0 unspecified atom stereocenters. The quantitative estimate of drug-likeness (QED) is 0.571. The molecule has 0 saturated carbocycles. The van der Waals surface area contributed by atoms with Crippen molar-refractivity contribution in [3.63, 3.8) is 0 Å². The van der Waals surface area contributed by atoms with Gasteiger partial charge >= 0.3 is 0 Å². The lowest BCUT2D eigenvalue weighted by Gasteiger charge is -2.07. The number of halogens is 1. The smallest absolute Gasteiger partial charge is 0.133 e. The predicted octanol–water partition coefficient (Wildman–Crippen LogP) is 2.55. The lowest BCUT2D eigenvalue weighted by molar-refractivity contribution is 0.141. The molecular weight excluding hydrogens is 226 g/mol. The maximum Gasteiger partial charge on any atom is 0.133 e. The molecule has 5 heteroatoms. The van der Waals surface area contributed by atoms with Crippen molar-refractivity contribution in [2.24, 2.45) is 0 Å². The molecule has 0 fully saturated rings. The Bertz CT molecular complexity index is 300. The van der Waals surface area contributed by atoms with Crippen molar-refractivity contribution in [1.29, 1.82) is 0 Å². The average Bonchev–Trinajstić information content (AvgIpc) is 2.22. The number of nitrogens with one attached hydrogen (secondary N) is 1. The summed E-state index contributed by atoms with van der Waals surface area (Å²) in [6, 6.07) is 3.36. The number of rotatable bonds is 7. The van der Waals surface area contributed by atoms with E-state index in [0.29, 0.717) is 29.8 Å². The summed E-state index contributed by atoms with van der Waals surface area (Å²) in [5, 5.41) is 3.50. The van der Waals surface area contributed by atoms with Crippen LogP contribution in [0.2, 0.25) is 5.15 Å². The van der Waals surface area contributed by atoms with Crippen LogP contribution in [-0.4, -0.2) is 24.7 Å². The van der Waals surface area contributed by atoms with Crippen LogP contribution in [0.5, 0.6) is 0 Å². The second-order valence-electron chi connectivity index (χ2n) is 3.50. The molecule has 0 aromatic carbocycles. The molecule has 1 rings (SSSR count). The summed E-state index contributed by atoms with van der Waals surface area (Å²) in [5.74, 6) is 0.684. The molecule has 0 aliphatic heterocycles. The van der Waals surface area contributed by atoms with Crippen LogP contribution in [0.15, 0.2) is 12.1 Å². The van der Waals surface area contributed by atoms with Crippen LogP contribution in [0.25, 0.3) is 0 Å². The first-order valence-electron chi connectivity index (χ1n) is 5.47. The van der Waals surface area contributed by atoms with Crippen molar-refractivity contribution in [2.75, 3.05) is 30.8 Å². The normalized spacial score (nSPS) is 10.4. The van der Waals surface area contributed by atoms with Crippen LogP contribution in [0.3, 0.4) is 0 Å². The van der Waals surface area contributed by atoms with E-state index in [-0.39, 0.29) is 0 Å². The van der Waals surface area contributed by atoms with Crippen molar-refractivity contribution < 1.29 is 4.74 Å². The van der Waals surface area contributed by atoms with Gasteiger partial charge in [-0.15, -0.1) is 0 Å². The van der Waals surface area contributed by atoms with Gasteiger partial charge in [-0.25, -0.2) is 4.98 Å². The number of pyridine rings is 1. The summed E-state index contributed by atoms with van der Waals surface area (Å²) in [6.07, 6.45) is 2.25. The molecule has 1 heterocycles. The summed E-state index contributed by atoms with van der Waals surface area (Å²) in [5.41, 5.74) is 6.24. The van der Waals surface area contributed by atoms with Gasteiger partial charge in [-0.1, -0.05) is 24.9 Å². The van der Waals surface area contributed by atoms with Crippen molar-refractivity contribution in [2.45, 2.75) is 19.8 Å². The minimum absolute atomic E-state index is 0.398. The Balaban J connectivity index is 2.21. The molecule has 3 N–H and O–H groups in total. The zero-order valence-corrected chi connectivity index (χ0v) is 10.3. The van der Waals surface area contributed by atoms with Gasteiger partial charge < -0.3 is 15.8 Å². The Morgan fingerprint density at radius 2 is 2.25 bits per heavy atom. The molecule has 0 aliphatic rings. The number of nitrogens with zero attached hydrogens (tertiary/aromatic N) is 1. The lowest BCUT2D eigenvalue weighted by Crippen LogP contribution is -2.11. The maximum atomic E-state index is 5.77. The van der Waals surface area contributed by atoms with Gasteiger partial charge in [0.1, 0.15) is 11.0 Å². The molecular formula is C11H18ClN3O. The predicted molar refractivity (Wildman–Crippen MR) is 67.9 cm³/mol. The molecule has 0 saturated heterocycles.